The van der Waals surface area contributed by atoms with Crippen molar-refractivity contribution in [2.75, 3.05) is 11.9 Å². The van der Waals surface area contributed by atoms with Crippen molar-refractivity contribution in [2.24, 2.45) is 0 Å². The van der Waals surface area contributed by atoms with Gasteiger partial charge >= 0.3 is 5.97 Å². The van der Waals surface area contributed by atoms with Crippen LogP contribution >= 0.6 is 0 Å². The topological polar surface area (TPSA) is 89.7 Å². The summed E-state index contributed by atoms with van der Waals surface area (Å²) in [6, 6.07) is 10.8. The number of fused-ring (bicyclic) bond motifs is 1. The Hall–Kier alpha value is -3.29. The quantitative estimate of drug-likeness (QED) is 0.671. The lowest BCUT2D eigenvalue weighted by Gasteiger charge is -2.21. The Morgan fingerprint density at radius 2 is 1.92 bits per heavy atom. The number of likely N-dealkylation sites (N-methyl/N-ethyl adjacent to an activating group) is 1. The predicted octanol–water partition coefficient (Wildman–Crippen LogP) is 1.64. The zero-order valence-corrected chi connectivity index (χ0v) is 14.1. The summed E-state index contributed by atoms with van der Waals surface area (Å²) >= 11 is 0. The molecule has 0 aliphatic heterocycles. The lowest BCUT2D eigenvalue weighted by Crippen LogP contribution is -2.37. The SMILES string of the molecule is Cc1ccnc2nc(C(=O)O[C@H](C)C(=O)N(C)c3ccccc3)nn12. The highest BCUT2D eigenvalue weighted by molar-refractivity contribution is 5.98. The number of rotatable bonds is 4. The van der Waals surface area contributed by atoms with Crippen molar-refractivity contribution in [2.45, 2.75) is 20.0 Å². The molecule has 0 aliphatic carbocycles. The van der Waals surface area contributed by atoms with Gasteiger partial charge in [0.15, 0.2) is 6.10 Å². The molecule has 1 atom stereocenters. The number of aryl methyl sites for hydroxylation is 1. The van der Waals surface area contributed by atoms with Crippen molar-refractivity contribution in [3.05, 3.63) is 54.1 Å². The number of hydrogen-bond acceptors (Lipinski definition) is 6. The number of benzene rings is 1. The Labute approximate surface area is 144 Å². The van der Waals surface area contributed by atoms with Gasteiger partial charge < -0.3 is 9.64 Å². The summed E-state index contributed by atoms with van der Waals surface area (Å²) in [6.07, 6.45) is 0.605. The van der Waals surface area contributed by atoms with Gasteiger partial charge in [-0.3, -0.25) is 4.79 Å². The highest BCUT2D eigenvalue weighted by Crippen LogP contribution is 2.13. The molecule has 0 saturated heterocycles. The third-order valence-corrected chi connectivity index (χ3v) is 3.72. The standard InChI is InChI=1S/C17H17N5O3/c1-11-9-10-18-17-19-14(20-22(11)17)16(24)25-12(2)15(23)21(3)13-7-5-4-6-8-13/h4-10,12H,1-3H3/t12-/m1/s1. The largest absolute Gasteiger partial charge is 0.447 e. The zero-order chi connectivity index (χ0) is 18.0. The van der Waals surface area contributed by atoms with Crippen LogP contribution in [0, 0.1) is 6.92 Å². The Balaban J connectivity index is 1.73. The van der Waals surface area contributed by atoms with Crippen LogP contribution in [0.5, 0.6) is 0 Å². The molecule has 8 nitrogen and oxygen atoms in total. The number of nitrogens with zero attached hydrogens (tertiary/aromatic N) is 5. The van der Waals surface area contributed by atoms with Gasteiger partial charge in [-0.05, 0) is 32.0 Å². The third kappa shape index (κ3) is 3.32. The van der Waals surface area contributed by atoms with E-state index in [-0.39, 0.29) is 11.7 Å². The van der Waals surface area contributed by atoms with E-state index in [1.54, 1.807) is 31.4 Å². The molecule has 2 aromatic heterocycles. The van der Waals surface area contributed by atoms with Gasteiger partial charge in [-0.25, -0.2) is 14.3 Å². The van der Waals surface area contributed by atoms with Gasteiger partial charge in [-0.2, -0.15) is 4.98 Å². The van der Waals surface area contributed by atoms with Crippen LogP contribution in [-0.2, 0) is 9.53 Å². The third-order valence-electron chi connectivity index (χ3n) is 3.72. The number of hydrogen-bond donors (Lipinski definition) is 0. The molecule has 128 valence electrons. The molecule has 2 heterocycles. The summed E-state index contributed by atoms with van der Waals surface area (Å²) in [5, 5.41) is 4.07. The molecule has 1 amide bonds. The van der Waals surface area contributed by atoms with Crippen LogP contribution in [0.4, 0.5) is 5.69 Å². The van der Waals surface area contributed by atoms with Crippen LogP contribution in [0.2, 0.25) is 0 Å². The number of aromatic nitrogens is 4. The summed E-state index contributed by atoms with van der Waals surface area (Å²) in [5.41, 5.74) is 1.49. The first kappa shape index (κ1) is 16.6. The molecule has 0 bridgehead atoms. The second-order valence-electron chi connectivity index (χ2n) is 5.51. The van der Waals surface area contributed by atoms with Gasteiger partial charge in [0.1, 0.15) is 0 Å². The molecule has 3 aromatic rings. The number of carbonyl (C=O) groups is 2. The lowest BCUT2D eigenvalue weighted by atomic mass is 10.2. The first-order valence-electron chi connectivity index (χ1n) is 7.69. The van der Waals surface area contributed by atoms with E-state index in [1.807, 2.05) is 25.1 Å². The molecule has 1 aromatic carbocycles. The van der Waals surface area contributed by atoms with Crippen molar-refractivity contribution < 1.29 is 14.3 Å². The average Bonchev–Trinajstić information content (AvgIpc) is 3.07. The molecule has 25 heavy (non-hydrogen) atoms. The van der Waals surface area contributed by atoms with Crippen LogP contribution in [0.1, 0.15) is 23.2 Å². The zero-order valence-electron chi connectivity index (χ0n) is 14.1. The summed E-state index contributed by atoms with van der Waals surface area (Å²) in [5.74, 6) is -0.957. The first-order valence-corrected chi connectivity index (χ1v) is 7.69. The normalized spacial score (nSPS) is 12.0. The average molecular weight is 339 g/mol. The van der Waals surface area contributed by atoms with Crippen LogP contribution in [0.25, 0.3) is 5.78 Å². The fourth-order valence-corrected chi connectivity index (χ4v) is 2.31. The minimum Gasteiger partial charge on any atom is -0.447 e. The summed E-state index contributed by atoms with van der Waals surface area (Å²) in [6.45, 7) is 3.33. The fraction of sp³-hybridized carbons (Fsp3) is 0.235. The Morgan fingerprint density at radius 1 is 1.20 bits per heavy atom. The van der Waals surface area contributed by atoms with Gasteiger partial charge in [0.25, 0.3) is 17.5 Å². The number of esters is 1. The van der Waals surface area contributed by atoms with E-state index in [4.69, 9.17) is 4.74 Å². The van der Waals surface area contributed by atoms with Crippen LogP contribution in [0.15, 0.2) is 42.6 Å². The summed E-state index contributed by atoms with van der Waals surface area (Å²) in [7, 11) is 1.62. The first-order chi connectivity index (χ1) is 12.0. The van der Waals surface area contributed by atoms with Gasteiger partial charge in [-0.1, -0.05) is 18.2 Å². The number of anilines is 1. The van der Waals surface area contributed by atoms with Crippen molar-refractivity contribution in [1.82, 2.24) is 19.6 Å². The van der Waals surface area contributed by atoms with E-state index in [2.05, 4.69) is 15.1 Å². The van der Waals surface area contributed by atoms with Crippen molar-refractivity contribution >= 4 is 23.3 Å². The van der Waals surface area contributed by atoms with E-state index >= 15 is 0 Å². The summed E-state index contributed by atoms with van der Waals surface area (Å²) in [4.78, 5) is 34.2. The summed E-state index contributed by atoms with van der Waals surface area (Å²) < 4.78 is 6.66. The van der Waals surface area contributed by atoms with Gasteiger partial charge in [-0.15, -0.1) is 5.10 Å². The number of para-hydroxylation sites is 1. The molecular formula is C17H17N5O3. The number of amides is 1. The van der Waals surface area contributed by atoms with Crippen molar-refractivity contribution in [3.8, 4) is 0 Å². The van der Waals surface area contributed by atoms with Crippen LogP contribution in [0.3, 0.4) is 0 Å². The molecule has 0 N–H and O–H groups in total. The number of ether oxygens (including phenoxy) is 1. The Morgan fingerprint density at radius 3 is 2.60 bits per heavy atom. The fourth-order valence-electron chi connectivity index (χ4n) is 2.31. The maximum absolute atomic E-state index is 12.4. The molecule has 3 rings (SSSR count). The smallest absolute Gasteiger partial charge is 0.379 e. The molecule has 0 unspecified atom stereocenters. The monoisotopic (exact) mass is 339 g/mol. The molecule has 0 fully saturated rings. The lowest BCUT2D eigenvalue weighted by molar-refractivity contribution is -0.126. The van der Waals surface area contributed by atoms with Gasteiger partial charge in [0.05, 0.1) is 0 Å². The molecule has 0 spiro atoms. The van der Waals surface area contributed by atoms with E-state index in [1.165, 1.54) is 16.3 Å². The van der Waals surface area contributed by atoms with E-state index in [0.29, 0.717) is 11.5 Å². The minimum absolute atomic E-state index is 0.135. The molecule has 0 saturated carbocycles. The Kier molecular flexibility index (Phi) is 4.42. The van der Waals surface area contributed by atoms with Crippen molar-refractivity contribution in [3.63, 3.8) is 0 Å². The molecule has 0 aliphatic rings. The second kappa shape index (κ2) is 6.68. The molecular weight excluding hydrogens is 322 g/mol. The molecule has 8 heteroatoms. The Bertz CT molecular complexity index is 922. The predicted molar refractivity (Wildman–Crippen MR) is 90.2 cm³/mol. The van der Waals surface area contributed by atoms with Gasteiger partial charge in [0.2, 0.25) is 0 Å². The van der Waals surface area contributed by atoms with Crippen molar-refractivity contribution in [1.29, 1.82) is 0 Å². The highest BCUT2D eigenvalue weighted by atomic mass is 16.5. The maximum Gasteiger partial charge on any atom is 0.379 e. The van der Waals surface area contributed by atoms with E-state index < -0.39 is 12.1 Å². The number of carbonyl (C=O) groups excluding carboxylic acids is 2. The van der Waals surface area contributed by atoms with Crippen LogP contribution in [-0.4, -0.2) is 44.6 Å². The maximum atomic E-state index is 12.4. The van der Waals surface area contributed by atoms with E-state index in [0.717, 1.165) is 5.69 Å². The highest BCUT2D eigenvalue weighted by Gasteiger charge is 2.25. The van der Waals surface area contributed by atoms with Crippen LogP contribution < -0.4 is 4.90 Å². The molecule has 0 radical (unpaired) electrons. The second-order valence-corrected chi connectivity index (χ2v) is 5.51. The van der Waals surface area contributed by atoms with E-state index in [9.17, 15) is 9.59 Å². The van der Waals surface area contributed by atoms with Gasteiger partial charge in [0, 0.05) is 24.6 Å². The minimum atomic E-state index is -0.974.